The summed E-state index contributed by atoms with van der Waals surface area (Å²) < 4.78 is 13.7. The van der Waals surface area contributed by atoms with Crippen molar-refractivity contribution in [3.8, 4) is 11.3 Å². The molecular formula is C17H13ClFN5O. The molecule has 126 valence electrons. The Morgan fingerprint density at radius 2 is 2.00 bits per heavy atom. The van der Waals surface area contributed by atoms with Gasteiger partial charge in [-0.25, -0.2) is 14.4 Å². The Hall–Kier alpha value is -3.06. The van der Waals surface area contributed by atoms with Crippen LogP contribution in [0.15, 0.2) is 48.9 Å². The normalized spacial score (nSPS) is 10.3. The predicted molar refractivity (Wildman–Crippen MR) is 93.7 cm³/mol. The Labute approximate surface area is 148 Å². The number of pyridine rings is 1. The van der Waals surface area contributed by atoms with Crippen LogP contribution in [0.3, 0.4) is 0 Å². The number of carbonyl (C=O) groups excluding carboxylic acids is 1. The van der Waals surface area contributed by atoms with E-state index in [9.17, 15) is 9.18 Å². The molecule has 1 amide bonds. The predicted octanol–water partition coefficient (Wildman–Crippen LogP) is 3.51. The lowest BCUT2D eigenvalue weighted by Crippen LogP contribution is -2.04. The third-order valence-corrected chi connectivity index (χ3v) is 3.69. The summed E-state index contributed by atoms with van der Waals surface area (Å²) in [6.07, 6.45) is 5.02. The van der Waals surface area contributed by atoms with Crippen molar-refractivity contribution < 1.29 is 9.18 Å². The van der Waals surface area contributed by atoms with Gasteiger partial charge in [0.1, 0.15) is 17.5 Å². The van der Waals surface area contributed by atoms with Crippen LogP contribution in [0.2, 0.25) is 5.02 Å². The topological polar surface area (TPSA) is 79.8 Å². The van der Waals surface area contributed by atoms with Gasteiger partial charge < -0.3 is 10.6 Å². The molecule has 2 N–H and O–H groups in total. The van der Waals surface area contributed by atoms with Crippen LogP contribution in [0.1, 0.15) is 5.56 Å². The van der Waals surface area contributed by atoms with E-state index in [1.165, 1.54) is 18.5 Å². The lowest BCUT2D eigenvalue weighted by atomic mass is 10.2. The van der Waals surface area contributed by atoms with E-state index in [1.807, 2.05) is 0 Å². The Morgan fingerprint density at radius 3 is 2.80 bits per heavy atom. The van der Waals surface area contributed by atoms with Gasteiger partial charge >= 0.3 is 0 Å². The molecule has 25 heavy (non-hydrogen) atoms. The Kier molecular flexibility index (Phi) is 5.15. The van der Waals surface area contributed by atoms with Gasteiger partial charge in [-0.1, -0.05) is 29.8 Å². The number of hydrogen-bond donors (Lipinski definition) is 2. The Bertz CT molecular complexity index is 906. The minimum absolute atomic E-state index is 0.271. The van der Waals surface area contributed by atoms with Gasteiger partial charge in [0, 0.05) is 23.9 Å². The zero-order valence-electron chi connectivity index (χ0n) is 12.9. The fourth-order valence-corrected chi connectivity index (χ4v) is 2.38. The molecule has 0 aliphatic carbocycles. The van der Waals surface area contributed by atoms with Crippen molar-refractivity contribution in [1.82, 2.24) is 15.0 Å². The number of nitrogens with one attached hydrogen (secondary N) is 2. The second-order valence-electron chi connectivity index (χ2n) is 5.05. The SMILES string of the molecule is O=CNc1cc(-c2cncc(NCc3ccccc3F)n2)c(Cl)cn1. The molecule has 6 nitrogen and oxygen atoms in total. The zero-order chi connectivity index (χ0) is 17.6. The summed E-state index contributed by atoms with van der Waals surface area (Å²) in [5, 5.41) is 5.86. The van der Waals surface area contributed by atoms with Crippen molar-refractivity contribution in [2.45, 2.75) is 6.54 Å². The Balaban J connectivity index is 1.83. The lowest BCUT2D eigenvalue weighted by Gasteiger charge is -2.09. The van der Waals surface area contributed by atoms with Crippen LogP contribution in [0.25, 0.3) is 11.3 Å². The maximum Gasteiger partial charge on any atom is 0.212 e. The first-order valence-corrected chi connectivity index (χ1v) is 7.70. The van der Waals surface area contributed by atoms with Crippen molar-refractivity contribution in [2.75, 3.05) is 10.6 Å². The third kappa shape index (κ3) is 4.07. The number of nitrogens with zero attached hydrogens (tertiary/aromatic N) is 3. The fourth-order valence-electron chi connectivity index (χ4n) is 2.18. The van der Waals surface area contributed by atoms with Gasteiger partial charge in [-0.15, -0.1) is 0 Å². The number of hydrogen-bond acceptors (Lipinski definition) is 5. The first kappa shape index (κ1) is 16.8. The molecule has 1 aromatic carbocycles. The van der Waals surface area contributed by atoms with Gasteiger partial charge in [0.2, 0.25) is 6.41 Å². The summed E-state index contributed by atoms with van der Waals surface area (Å²) in [4.78, 5) is 23.1. The molecule has 0 bridgehead atoms. The summed E-state index contributed by atoms with van der Waals surface area (Å²) in [5.74, 6) is 0.528. The number of amides is 1. The largest absolute Gasteiger partial charge is 0.365 e. The van der Waals surface area contributed by atoms with E-state index < -0.39 is 0 Å². The van der Waals surface area contributed by atoms with Crippen LogP contribution in [-0.4, -0.2) is 21.4 Å². The van der Waals surface area contributed by atoms with E-state index >= 15 is 0 Å². The lowest BCUT2D eigenvalue weighted by molar-refractivity contribution is -0.105. The highest BCUT2D eigenvalue weighted by molar-refractivity contribution is 6.33. The monoisotopic (exact) mass is 357 g/mol. The van der Waals surface area contributed by atoms with Crippen LogP contribution >= 0.6 is 11.6 Å². The van der Waals surface area contributed by atoms with Gasteiger partial charge in [-0.3, -0.25) is 9.78 Å². The van der Waals surface area contributed by atoms with Crippen LogP contribution < -0.4 is 10.6 Å². The first-order valence-electron chi connectivity index (χ1n) is 7.33. The highest BCUT2D eigenvalue weighted by Gasteiger charge is 2.09. The van der Waals surface area contributed by atoms with Gasteiger partial charge in [-0.05, 0) is 12.1 Å². The van der Waals surface area contributed by atoms with E-state index in [0.29, 0.717) is 39.9 Å². The van der Waals surface area contributed by atoms with Crippen LogP contribution in [-0.2, 0) is 11.3 Å². The molecule has 0 aliphatic heterocycles. The zero-order valence-corrected chi connectivity index (χ0v) is 13.7. The number of carbonyl (C=O) groups is 1. The second kappa shape index (κ2) is 7.67. The molecule has 0 spiro atoms. The van der Waals surface area contributed by atoms with E-state index in [-0.39, 0.29) is 12.4 Å². The maximum absolute atomic E-state index is 13.7. The number of benzene rings is 1. The van der Waals surface area contributed by atoms with E-state index in [2.05, 4.69) is 25.6 Å². The van der Waals surface area contributed by atoms with Gasteiger partial charge in [0.05, 0.1) is 23.1 Å². The molecule has 0 atom stereocenters. The molecule has 8 heteroatoms. The summed E-state index contributed by atoms with van der Waals surface area (Å²) >= 11 is 6.16. The van der Waals surface area contributed by atoms with Crippen LogP contribution in [0.4, 0.5) is 16.0 Å². The van der Waals surface area contributed by atoms with Gasteiger partial charge in [-0.2, -0.15) is 0 Å². The molecule has 3 rings (SSSR count). The van der Waals surface area contributed by atoms with Crippen molar-refractivity contribution in [3.05, 3.63) is 65.3 Å². The summed E-state index contributed by atoms with van der Waals surface area (Å²) in [7, 11) is 0. The van der Waals surface area contributed by atoms with Crippen molar-refractivity contribution in [1.29, 1.82) is 0 Å². The van der Waals surface area contributed by atoms with E-state index in [1.54, 1.807) is 30.5 Å². The van der Waals surface area contributed by atoms with E-state index in [0.717, 1.165) is 0 Å². The molecule has 0 radical (unpaired) electrons. The number of anilines is 2. The van der Waals surface area contributed by atoms with Gasteiger partial charge in [0.25, 0.3) is 0 Å². The van der Waals surface area contributed by atoms with Gasteiger partial charge in [0.15, 0.2) is 0 Å². The second-order valence-corrected chi connectivity index (χ2v) is 5.45. The highest BCUT2D eigenvalue weighted by atomic mass is 35.5. The molecule has 2 aromatic heterocycles. The summed E-state index contributed by atoms with van der Waals surface area (Å²) in [6.45, 7) is 0.271. The Morgan fingerprint density at radius 1 is 1.16 bits per heavy atom. The average molecular weight is 358 g/mol. The summed E-state index contributed by atoms with van der Waals surface area (Å²) in [5.41, 5.74) is 1.59. The molecule has 2 heterocycles. The number of aromatic nitrogens is 3. The van der Waals surface area contributed by atoms with Crippen LogP contribution in [0, 0.1) is 5.82 Å². The third-order valence-electron chi connectivity index (χ3n) is 3.39. The molecule has 0 saturated heterocycles. The molecule has 0 saturated carbocycles. The van der Waals surface area contributed by atoms with E-state index in [4.69, 9.17) is 11.6 Å². The number of halogens is 2. The average Bonchev–Trinajstić information content (AvgIpc) is 2.63. The van der Waals surface area contributed by atoms with Crippen molar-refractivity contribution >= 4 is 29.6 Å². The maximum atomic E-state index is 13.7. The molecular weight excluding hydrogens is 345 g/mol. The number of rotatable bonds is 6. The standard InChI is InChI=1S/C17H13ClFN5O/c18-13-7-22-16(23-10-25)5-12(13)15-8-20-9-17(24-15)21-6-11-3-1-2-4-14(11)19/h1-5,7-10H,6H2,(H,21,24)(H,22,23,25). The molecule has 0 unspecified atom stereocenters. The van der Waals surface area contributed by atoms with Crippen LogP contribution in [0.5, 0.6) is 0 Å². The molecule has 0 aliphatic rings. The fraction of sp³-hybridized carbons (Fsp3) is 0.0588. The minimum atomic E-state index is -0.291. The molecule has 3 aromatic rings. The molecule has 0 fully saturated rings. The quantitative estimate of drug-likeness (QED) is 0.660. The summed E-state index contributed by atoms with van der Waals surface area (Å²) in [6, 6.07) is 8.09. The van der Waals surface area contributed by atoms with Crippen molar-refractivity contribution in [3.63, 3.8) is 0 Å². The van der Waals surface area contributed by atoms with Crippen molar-refractivity contribution in [2.24, 2.45) is 0 Å². The first-order chi connectivity index (χ1) is 12.2. The minimum Gasteiger partial charge on any atom is -0.365 e. The smallest absolute Gasteiger partial charge is 0.212 e. The highest BCUT2D eigenvalue weighted by Crippen LogP contribution is 2.28.